The number of furan rings is 1. The second-order valence-corrected chi connectivity index (χ2v) is 6.69. The Balaban J connectivity index is 1.75. The Kier molecular flexibility index (Phi) is 7.19. The summed E-state index contributed by atoms with van der Waals surface area (Å²) in [6.45, 7) is 5.61. The van der Waals surface area contributed by atoms with E-state index in [0.29, 0.717) is 18.0 Å². The van der Waals surface area contributed by atoms with Gasteiger partial charge in [-0.05, 0) is 57.1 Å². The molecule has 0 bridgehead atoms. The topological polar surface area (TPSA) is 71.3 Å². The maximum atomic E-state index is 5.69. The number of aliphatic imine (C=N–C) groups is 1. The molecule has 2 aromatic rings. The molecule has 7 heteroatoms. The molecule has 1 saturated heterocycles. The van der Waals surface area contributed by atoms with Gasteiger partial charge in [-0.1, -0.05) is 0 Å². The highest BCUT2D eigenvalue weighted by Crippen LogP contribution is 2.30. The summed E-state index contributed by atoms with van der Waals surface area (Å²) in [5.41, 5.74) is 0.882. The predicted molar refractivity (Wildman–Crippen MR) is 111 cm³/mol. The van der Waals surface area contributed by atoms with Gasteiger partial charge in [-0.15, -0.1) is 0 Å². The van der Waals surface area contributed by atoms with Crippen molar-refractivity contribution in [3.63, 3.8) is 0 Å². The number of methoxy groups -OCH3 is 2. The highest BCUT2D eigenvalue weighted by atomic mass is 16.5. The number of anilines is 1. The van der Waals surface area contributed by atoms with E-state index in [1.165, 1.54) is 12.8 Å². The molecule has 2 heterocycles. The van der Waals surface area contributed by atoms with E-state index in [9.17, 15) is 0 Å². The minimum atomic E-state index is 0.151. The number of hydrogen-bond donors (Lipinski definition) is 2. The lowest BCUT2D eigenvalue weighted by molar-refractivity contribution is 0.221. The minimum Gasteiger partial charge on any atom is -0.493 e. The second kappa shape index (κ2) is 10.0. The van der Waals surface area contributed by atoms with Crippen molar-refractivity contribution in [1.82, 2.24) is 10.2 Å². The Morgan fingerprint density at radius 2 is 1.96 bits per heavy atom. The van der Waals surface area contributed by atoms with Crippen molar-refractivity contribution in [1.29, 1.82) is 0 Å². The maximum Gasteiger partial charge on any atom is 0.195 e. The molecule has 1 atom stereocenters. The fourth-order valence-electron chi connectivity index (χ4n) is 3.46. The van der Waals surface area contributed by atoms with Crippen molar-refractivity contribution in [2.75, 3.05) is 45.7 Å². The molecule has 1 aromatic heterocycles. The molecule has 0 amide bonds. The minimum absolute atomic E-state index is 0.151. The smallest absolute Gasteiger partial charge is 0.195 e. The summed E-state index contributed by atoms with van der Waals surface area (Å²) >= 11 is 0. The van der Waals surface area contributed by atoms with E-state index < -0.39 is 0 Å². The lowest BCUT2D eigenvalue weighted by Crippen LogP contribution is -2.33. The zero-order valence-electron chi connectivity index (χ0n) is 16.9. The van der Waals surface area contributed by atoms with E-state index in [1.807, 2.05) is 30.3 Å². The van der Waals surface area contributed by atoms with Crippen LogP contribution in [0.5, 0.6) is 11.5 Å². The summed E-state index contributed by atoms with van der Waals surface area (Å²) in [5.74, 6) is 3.06. The zero-order chi connectivity index (χ0) is 19.8. The predicted octanol–water partition coefficient (Wildman–Crippen LogP) is 3.51. The number of likely N-dealkylation sites (tertiary alicyclic amines) is 1. The largest absolute Gasteiger partial charge is 0.493 e. The van der Waals surface area contributed by atoms with Crippen LogP contribution in [-0.2, 0) is 0 Å². The van der Waals surface area contributed by atoms with Crippen LogP contribution in [0.3, 0.4) is 0 Å². The molecule has 0 saturated carbocycles. The van der Waals surface area contributed by atoms with Crippen molar-refractivity contribution in [2.24, 2.45) is 4.99 Å². The molecule has 2 N–H and O–H groups in total. The number of nitrogens with zero attached hydrogens (tertiary/aromatic N) is 2. The first kappa shape index (κ1) is 20.1. The summed E-state index contributed by atoms with van der Waals surface area (Å²) in [6.07, 6.45) is 4.19. The third-order valence-corrected chi connectivity index (χ3v) is 4.87. The quantitative estimate of drug-likeness (QED) is 0.534. The van der Waals surface area contributed by atoms with Crippen LogP contribution in [0.4, 0.5) is 5.69 Å². The molecule has 0 aliphatic carbocycles. The molecule has 152 valence electrons. The lowest BCUT2D eigenvalue weighted by Gasteiger charge is -2.24. The molecule has 0 spiro atoms. The van der Waals surface area contributed by atoms with Gasteiger partial charge in [-0.3, -0.25) is 9.89 Å². The third kappa shape index (κ3) is 4.98. The van der Waals surface area contributed by atoms with E-state index in [4.69, 9.17) is 18.9 Å². The molecule has 28 heavy (non-hydrogen) atoms. The first-order valence-corrected chi connectivity index (χ1v) is 9.80. The summed E-state index contributed by atoms with van der Waals surface area (Å²) < 4.78 is 16.4. The lowest BCUT2D eigenvalue weighted by atomic mass is 10.2. The second-order valence-electron chi connectivity index (χ2n) is 6.69. The van der Waals surface area contributed by atoms with Crippen LogP contribution in [0.15, 0.2) is 46.0 Å². The molecule has 1 aliphatic heterocycles. The van der Waals surface area contributed by atoms with Gasteiger partial charge in [-0.2, -0.15) is 0 Å². The molecule has 1 aromatic carbocycles. The van der Waals surface area contributed by atoms with Crippen LogP contribution in [0, 0.1) is 0 Å². The van der Waals surface area contributed by atoms with E-state index in [1.54, 1.807) is 20.5 Å². The van der Waals surface area contributed by atoms with Crippen molar-refractivity contribution in [2.45, 2.75) is 25.8 Å². The van der Waals surface area contributed by atoms with Gasteiger partial charge in [0.1, 0.15) is 5.76 Å². The molecular formula is C21H30N4O3. The fraction of sp³-hybridized carbons (Fsp3) is 0.476. The van der Waals surface area contributed by atoms with Gasteiger partial charge in [-0.25, -0.2) is 0 Å². The molecule has 7 nitrogen and oxygen atoms in total. The summed E-state index contributed by atoms with van der Waals surface area (Å²) in [7, 11) is 3.26. The van der Waals surface area contributed by atoms with Crippen LogP contribution < -0.4 is 20.1 Å². The summed E-state index contributed by atoms with van der Waals surface area (Å²) in [5, 5.41) is 6.66. The van der Waals surface area contributed by atoms with E-state index in [0.717, 1.165) is 37.0 Å². The first-order chi connectivity index (χ1) is 13.7. The highest BCUT2D eigenvalue weighted by Gasteiger charge is 2.25. The van der Waals surface area contributed by atoms with Crippen molar-refractivity contribution in [3.8, 4) is 11.5 Å². The highest BCUT2D eigenvalue weighted by molar-refractivity contribution is 5.93. The Hall–Kier alpha value is -2.67. The Labute approximate surface area is 166 Å². The average Bonchev–Trinajstić information content (AvgIpc) is 3.43. The molecule has 0 radical (unpaired) electrons. The van der Waals surface area contributed by atoms with Crippen LogP contribution in [0.2, 0.25) is 0 Å². The number of nitrogens with one attached hydrogen (secondary N) is 2. The normalized spacial score (nSPS) is 16.0. The summed E-state index contributed by atoms with van der Waals surface area (Å²) in [6, 6.07) is 9.84. The zero-order valence-corrected chi connectivity index (χ0v) is 16.9. The van der Waals surface area contributed by atoms with Crippen LogP contribution in [0.25, 0.3) is 0 Å². The van der Waals surface area contributed by atoms with Crippen LogP contribution >= 0.6 is 0 Å². The van der Waals surface area contributed by atoms with Crippen molar-refractivity contribution >= 4 is 11.6 Å². The first-order valence-electron chi connectivity index (χ1n) is 9.80. The average molecular weight is 386 g/mol. The van der Waals surface area contributed by atoms with Crippen molar-refractivity contribution < 1.29 is 13.9 Å². The van der Waals surface area contributed by atoms with E-state index in [-0.39, 0.29) is 6.04 Å². The summed E-state index contributed by atoms with van der Waals surface area (Å²) in [4.78, 5) is 7.28. The molecule has 1 fully saturated rings. The third-order valence-electron chi connectivity index (χ3n) is 4.87. The monoisotopic (exact) mass is 386 g/mol. The SMILES string of the molecule is CCNC(=NCC(c1ccco1)N1CCCC1)Nc1ccc(OC)c(OC)c1. The number of guanidine groups is 1. The Bertz CT molecular complexity index is 755. The number of hydrogen-bond acceptors (Lipinski definition) is 5. The van der Waals surface area contributed by atoms with Crippen LogP contribution in [0.1, 0.15) is 31.6 Å². The van der Waals surface area contributed by atoms with Gasteiger partial charge in [0.2, 0.25) is 0 Å². The Morgan fingerprint density at radius 3 is 2.61 bits per heavy atom. The molecule has 1 aliphatic rings. The van der Waals surface area contributed by atoms with E-state index in [2.05, 4.69) is 22.5 Å². The standard InChI is InChI=1S/C21H30N4O3/c1-4-22-21(24-16-9-10-19(26-2)20(14-16)27-3)23-15-17(18-8-7-13-28-18)25-11-5-6-12-25/h7-10,13-14,17H,4-6,11-12,15H2,1-3H3,(H2,22,23,24). The van der Waals surface area contributed by atoms with Gasteiger partial charge in [0.15, 0.2) is 17.5 Å². The molecule has 1 unspecified atom stereocenters. The van der Waals surface area contributed by atoms with Gasteiger partial charge in [0, 0.05) is 18.3 Å². The fourth-order valence-corrected chi connectivity index (χ4v) is 3.46. The van der Waals surface area contributed by atoms with Gasteiger partial charge in [0.05, 0.1) is 33.1 Å². The van der Waals surface area contributed by atoms with E-state index >= 15 is 0 Å². The van der Waals surface area contributed by atoms with Gasteiger partial charge >= 0.3 is 0 Å². The number of ether oxygens (including phenoxy) is 2. The van der Waals surface area contributed by atoms with Crippen LogP contribution in [-0.4, -0.2) is 51.3 Å². The maximum absolute atomic E-state index is 5.69. The number of benzene rings is 1. The molecule has 3 rings (SSSR count). The van der Waals surface area contributed by atoms with Crippen molar-refractivity contribution in [3.05, 3.63) is 42.4 Å². The Morgan fingerprint density at radius 1 is 1.18 bits per heavy atom. The number of rotatable bonds is 8. The van der Waals surface area contributed by atoms with Gasteiger partial charge in [0.25, 0.3) is 0 Å². The molecular weight excluding hydrogens is 356 g/mol. The van der Waals surface area contributed by atoms with Gasteiger partial charge < -0.3 is 24.5 Å².